The number of hydrogen-bond donors (Lipinski definition) is 0. The van der Waals surface area contributed by atoms with Crippen molar-refractivity contribution in [2.24, 2.45) is 5.92 Å². The molecular weight excluding hydrogens is 164 g/mol. The number of rotatable bonds is 2. The molecule has 1 saturated heterocycles. The molecule has 1 atom stereocenters. The Bertz CT molecular complexity index is 183. The first-order chi connectivity index (χ1) is 6.34. The molecule has 2 rings (SSSR count). The summed E-state index contributed by atoms with van der Waals surface area (Å²) in [6.07, 6.45) is 9.88. The SMILES string of the molecule is O=C1CCC(CC2CCCCC2)O1. The molecule has 1 aliphatic heterocycles. The Labute approximate surface area is 79.7 Å². The van der Waals surface area contributed by atoms with Crippen LogP contribution in [0.2, 0.25) is 0 Å². The maximum atomic E-state index is 10.9. The summed E-state index contributed by atoms with van der Waals surface area (Å²) in [6.45, 7) is 0. The number of cyclic esters (lactones) is 1. The number of carbonyl (C=O) groups excluding carboxylic acids is 1. The van der Waals surface area contributed by atoms with Crippen molar-refractivity contribution >= 4 is 5.97 Å². The van der Waals surface area contributed by atoms with E-state index in [1.807, 2.05) is 0 Å². The van der Waals surface area contributed by atoms with Crippen LogP contribution in [0.1, 0.15) is 51.4 Å². The van der Waals surface area contributed by atoms with Crippen LogP contribution >= 0.6 is 0 Å². The number of ether oxygens (including phenoxy) is 1. The standard InChI is InChI=1S/C11H18O2/c12-11-7-6-10(13-11)8-9-4-2-1-3-5-9/h9-10H,1-8H2. The molecule has 74 valence electrons. The maximum Gasteiger partial charge on any atom is 0.306 e. The van der Waals surface area contributed by atoms with E-state index in [1.54, 1.807) is 0 Å². The van der Waals surface area contributed by atoms with Crippen LogP contribution in [0.5, 0.6) is 0 Å². The van der Waals surface area contributed by atoms with Gasteiger partial charge in [0.2, 0.25) is 0 Å². The van der Waals surface area contributed by atoms with Gasteiger partial charge < -0.3 is 4.74 Å². The molecule has 0 radical (unpaired) electrons. The Balaban J connectivity index is 1.73. The van der Waals surface area contributed by atoms with E-state index in [2.05, 4.69) is 0 Å². The van der Waals surface area contributed by atoms with Gasteiger partial charge in [0.05, 0.1) is 0 Å². The van der Waals surface area contributed by atoms with Crippen molar-refractivity contribution in [1.82, 2.24) is 0 Å². The molecule has 0 aromatic heterocycles. The van der Waals surface area contributed by atoms with Gasteiger partial charge in [-0.05, 0) is 18.8 Å². The minimum Gasteiger partial charge on any atom is -0.462 e. The average molecular weight is 182 g/mol. The van der Waals surface area contributed by atoms with E-state index in [9.17, 15) is 4.79 Å². The minimum atomic E-state index is 0.0146. The predicted molar refractivity (Wildman–Crippen MR) is 50.3 cm³/mol. The molecule has 1 aliphatic carbocycles. The summed E-state index contributed by atoms with van der Waals surface area (Å²) in [6, 6.07) is 0. The van der Waals surface area contributed by atoms with Gasteiger partial charge in [0.15, 0.2) is 0 Å². The Morgan fingerprint density at radius 1 is 1.15 bits per heavy atom. The third kappa shape index (κ3) is 2.45. The second-order valence-electron chi connectivity index (χ2n) is 4.39. The molecule has 1 heterocycles. The number of carbonyl (C=O) groups is 1. The van der Waals surface area contributed by atoms with Gasteiger partial charge >= 0.3 is 5.97 Å². The Kier molecular flexibility index (Phi) is 2.87. The molecule has 13 heavy (non-hydrogen) atoms. The van der Waals surface area contributed by atoms with Crippen molar-refractivity contribution in [2.75, 3.05) is 0 Å². The van der Waals surface area contributed by atoms with Gasteiger partial charge in [0, 0.05) is 6.42 Å². The Morgan fingerprint density at radius 2 is 1.92 bits per heavy atom. The maximum absolute atomic E-state index is 10.9. The first kappa shape index (κ1) is 9.04. The van der Waals surface area contributed by atoms with Crippen LogP contribution < -0.4 is 0 Å². The lowest BCUT2D eigenvalue weighted by Gasteiger charge is -2.23. The van der Waals surface area contributed by atoms with Crippen molar-refractivity contribution in [3.8, 4) is 0 Å². The van der Waals surface area contributed by atoms with Crippen LogP contribution in [-0.2, 0) is 9.53 Å². The lowest BCUT2D eigenvalue weighted by molar-refractivity contribution is -0.142. The zero-order valence-electron chi connectivity index (χ0n) is 8.13. The smallest absolute Gasteiger partial charge is 0.306 e. The van der Waals surface area contributed by atoms with Gasteiger partial charge in [-0.3, -0.25) is 4.79 Å². The highest BCUT2D eigenvalue weighted by molar-refractivity contribution is 5.71. The van der Waals surface area contributed by atoms with Gasteiger partial charge in [0.1, 0.15) is 6.10 Å². The molecule has 1 unspecified atom stereocenters. The van der Waals surface area contributed by atoms with Gasteiger partial charge in [-0.2, -0.15) is 0 Å². The fourth-order valence-electron chi connectivity index (χ4n) is 2.54. The van der Waals surface area contributed by atoms with Gasteiger partial charge in [-0.1, -0.05) is 32.1 Å². The lowest BCUT2D eigenvalue weighted by Crippen LogP contribution is -2.15. The van der Waals surface area contributed by atoms with Crippen molar-refractivity contribution in [3.63, 3.8) is 0 Å². The van der Waals surface area contributed by atoms with Crippen molar-refractivity contribution < 1.29 is 9.53 Å². The van der Waals surface area contributed by atoms with Gasteiger partial charge in [-0.25, -0.2) is 0 Å². The summed E-state index contributed by atoms with van der Waals surface area (Å²) in [5, 5.41) is 0. The summed E-state index contributed by atoms with van der Waals surface area (Å²) < 4.78 is 5.23. The molecule has 0 aromatic carbocycles. The van der Waals surface area contributed by atoms with E-state index in [-0.39, 0.29) is 12.1 Å². The quantitative estimate of drug-likeness (QED) is 0.614. The third-order valence-corrected chi connectivity index (χ3v) is 3.29. The normalized spacial score (nSPS) is 30.5. The first-order valence-corrected chi connectivity index (χ1v) is 5.54. The second kappa shape index (κ2) is 4.12. The van der Waals surface area contributed by atoms with Crippen LogP contribution in [-0.4, -0.2) is 12.1 Å². The molecule has 2 fully saturated rings. The first-order valence-electron chi connectivity index (χ1n) is 5.54. The molecular formula is C11H18O2. The monoisotopic (exact) mass is 182 g/mol. The summed E-state index contributed by atoms with van der Waals surface area (Å²) in [7, 11) is 0. The van der Waals surface area contributed by atoms with Gasteiger partial charge in [-0.15, -0.1) is 0 Å². The summed E-state index contributed by atoms with van der Waals surface area (Å²) in [5.74, 6) is 0.852. The molecule has 1 saturated carbocycles. The Morgan fingerprint density at radius 3 is 2.54 bits per heavy atom. The highest BCUT2D eigenvalue weighted by atomic mass is 16.5. The fraction of sp³-hybridized carbons (Fsp3) is 0.909. The molecule has 2 heteroatoms. The summed E-state index contributed by atoms with van der Waals surface area (Å²) in [4.78, 5) is 10.9. The van der Waals surface area contributed by atoms with E-state index < -0.39 is 0 Å². The summed E-state index contributed by atoms with van der Waals surface area (Å²) in [5.41, 5.74) is 0. The van der Waals surface area contributed by atoms with Crippen LogP contribution in [0.25, 0.3) is 0 Å². The lowest BCUT2D eigenvalue weighted by atomic mass is 9.85. The van der Waals surface area contributed by atoms with Crippen molar-refractivity contribution in [1.29, 1.82) is 0 Å². The zero-order chi connectivity index (χ0) is 9.10. The highest BCUT2D eigenvalue weighted by Gasteiger charge is 2.26. The van der Waals surface area contributed by atoms with E-state index in [4.69, 9.17) is 4.74 Å². The molecule has 0 bridgehead atoms. The predicted octanol–water partition coefficient (Wildman–Crippen LogP) is 2.66. The van der Waals surface area contributed by atoms with Crippen molar-refractivity contribution in [3.05, 3.63) is 0 Å². The average Bonchev–Trinajstić information content (AvgIpc) is 2.53. The van der Waals surface area contributed by atoms with Crippen LogP contribution in [0.15, 0.2) is 0 Å². The van der Waals surface area contributed by atoms with E-state index >= 15 is 0 Å². The van der Waals surface area contributed by atoms with E-state index in [1.165, 1.54) is 32.1 Å². The van der Waals surface area contributed by atoms with E-state index in [0.717, 1.165) is 18.8 Å². The topological polar surface area (TPSA) is 26.3 Å². The molecule has 2 aliphatic rings. The fourth-order valence-corrected chi connectivity index (χ4v) is 2.54. The van der Waals surface area contributed by atoms with Crippen LogP contribution in [0.3, 0.4) is 0 Å². The Hall–Kier alpha value is -0.530. The molecule has 2 nitrogen and oxygen atoms in total. The van der Waals surface area contributed by atoms with Crippen molar-refractivity contribution in [2.45, 2.75) is 57.5 Å². The summed E-state index contributed by atoms with van der Waals surface area (Å²) >= 11 is 0. The number of hydrogen-bond acceptors (Lipinski definition) is 2. The van der Waals surface area contributed by atoms with E-state index in [0.29, 0.717) is 6.42 Å². The van der Waals surface area contributed by atoms with Crippen LogP contribution in [0.4, 0.5) is 0 Å². The molecule has 0 spiro atoms. The molecule has 0 N–H and O–H groups in total. The zero-order valence-corrected chi connectivity index (χ0v) is 8.13. The minimum absolute atomic E-state index is 0.0146. The molecule has 0 aromatic rings. The largest absolute Gasteiger partial charge is 0.462 e. The number of esters is 1. The highest BCUT2D eigenvalue weighted by Crippen LogP contribution is 2.30. The molecule has 0 amide bonds. The second-order valence-corrected chi connectivity index (χ2v) is 4.39. The van der Waals surface area contributed by atoms with Crippen LogP contribution in [0, 0.1) is 5.92 Å². The third-order valence-electron chi connectivity index (χ3n) is 3.29. The van der Waals surface area contributed by atoms with Gasteiger partial charge in [0.25, 0.3) is 0 Å².